The van der Waals surface area contributed by atoms with Crippen LogP contribution < -0.4 is 26.9 Å². The van der Waals surface area contributed by atoms with Crippen LogP contribution >= 0.6 is 0 Å². The molecule has 6 N–H and O–H groups in total. The first kappa shape index (κ1) is 25.3. The van der Waals surface area contributed by atoms with Crippen molar-refractivity contribution in [1.82, 2.24) is 15.8 Å². The molecule has 2 aliphatic rings. The summed E-state index contributed by atoms with van der Waals surface area (Å²) in [4.78, 5) is 24.7. The number of primary amides is 1. The van der Waals surface area contributed by atoms with Gasteiger partial charge < -0.3 is 26.3 Å². The van der Waals surface area contributed by atoms with Gasteiger partial charge in [0, 0.05) is 30.9 Å². The lowest BCUT2D eigenvalue weighted by atomic mass is 9.97. The molecule has 0 spiro atoms. The Morgan fingerprint density at radius 1 is 1.17 bits per heavy atom. The number of carbonyl (C=O) groups is 2. The fourth-order valence-corrected chi connectivity index (χ4v) is 4.38. The first-order valence-corrected chi connectivity index (χ1v) is 11.2. The summed E-state index contributed by atoms with van der Waals surface area (Å²) in [6.07, 6.45) is 1.25. The first-order valence-electron chi connectivity index (χ1n) is 11.2. The van der Waals surface area contributed by atoms with Crippen molar-refractivity contribution >= 4 is 11.8 Å². The number of amides is 2. The number of hydrogen-bond donors (Lipinski definition) is 4. The summed E-state index contributed by atoms with van der Waals surface area (Å²) in [5, 5.41) is 3.99. The predicted molar refractivity (Wildman–Crippen MR) is 122 cm³/mol. The Morgan fingerprint density at radius 2 is 1.89 bits per heavy atom. The van der Waals surface area contributed by atoms with E-state index in [9.17, 15) is 14.0 Å². The third kappa shape index (κ3) is 4.82. The molecule has 1 atom stereocenters. The number of halogens is 3. The molecule has 0 saturated carbocycles. The van der Waals surface area contributed by atoms with Gasteiger partial charge in [0.2, 0.25) is 5.91 Å². The van der Waals surface area contributed by atoms with E-state index in [4.69, 9.17) is 20.9 Å². The average molecular weight is 505 g/mol. The highest BCUT2D eigenvalue weighted by molar-refractivity contribution is 5.97. The van der Waals surface area contributed by atoms with E-state index in [1.807, 2.05) is 0 Å². The number of nitrogens with two attached hydrogens (primary N) is 2. The lowest BCUT2D eigenvalue weighted by Crippen LogP contribution is -2.46. The second-order valence-electron chi connectivity index (χ2n) is 8.41. The van der Waals surface area contributed by atoms with Gasteiger partial charge >= 0.3 is 0 Å². The van der Waals surface area contributed by atoms with Gasteiger partial charge in [-0.3, -0.25) is 14.6 Å². The Hall–Kier alpha value is -3.77. The van der Waals surface area contributed by atoms with Crippen molar-refractivity contribution in [3.63, 3.8) is 0 Å². The van der Waals surface area contributed by atoms with Crippen LogP contribution in [0.15, 0.2) is 41.7 Å². The van der Waals surface area contributed by atoms with Crippen LogP contribution in [-0.4, -0.2) is 43.2 Å². The summed E-state index contributed by atoms with van der Waals surface area (Å²) in [7, 11) is 1.32. The molecular weight excluding hydrogens is 479 g/mol. The van der Waals surface area contributed by atoms with E-state index < -0.39 is 35.3 Å². The van der Waals surface area contributed by atoms with E-state index in [1.165, 1.54) is 25.3 Å². The van der Waals surface area contributed by atoms with Gasteiger partial charge in [0.25, 0.3) is 5.91 Å². The summed E-state index contributed by atoms with van der Waals surface area (Å²) in [6.45, 7) is 0.615. The number of rotatable bonds is 7. The van der Waals surface area contributed by atoms with Crippen LogP contribution in [0.4, 0.5) is 13.2 Å². The number of nitrogens with one attached hydrogen (secondary N) is 2. The lowest BCUT2D eigenvalue weighted by molar-refractivity contribution is -0.114. The Bertz CT molecular complexity index is 1220. The van der Waals surface area contributed by atoms with Crippen LogP contribution in [0.5, 0.6) is 5.75 Å². The van der Waals surface area contributed by atoms with Crippen molar-refractivity contribution in [1.29, 1.82) is 0 Å². The Balaban J connectivity index is 1.55. The SMILES string of the molecule is COc1ccc(F)cc1C(=O)NCc1ccc(C2NN(C3CCOCC3)C(N)=C2C(N)=O)c(F)c1F. The minimum Gasteiger partial charge on any atom is -0.496 e. The number of nitrogens with zero attached hydrogens (tertiary/aromatic N) is 1. The summed E-state index contributed by atoms with van der Waals surface area (Å²) in [6, 6.07) is 4.76. The molecule has 2 aliphatic heterocycles. The fraction of sp³-hybridized carbons (Fsp3) is 0.333. The molecule has 4 rings (SSSR count). The first-order chi connectivity index (χ1) is 17.2. The molecule has 9 nitrogen and oxygen atoms in total. The predicted octanol–water partition coefficient (Wildman–Crippen LogP) is 1.74. The van der Waals surface area contributed by atoms with Crippen LogP contribution in [0, 0.1) is 17.5 Å². The zero-order chi connectivity index (χ0) is 26.0. The largest absolute Gasteiger partial charge is 0.496 e. The van der Waals surface area contributed by atoms with E-state index in [1.54, 1.807) is 5.01 Å². The molecule has 2 aromatic rings. The highest BCUT2D eigenvalue weighted by Gasteiger charge is 2.39. The van der Waals surface area contributed by atoms with Crippen molar-refractivity contribution in [3.8, 4) is 5.75 Å². The molecule has 2 aromatic carbocycles. The molecule has 1 saturated heterocycles. The molecule has 0 aromatic heterocycles. The highest BCUT2D eigenvalue weighted by Crippen LogP contribution is 2.35. The van der Waals surface area contributed by atoms with Crippen LogP contribution in [0.1, 0.15) is 40.4 Å². The topological polar surface area (TPSA) is 132 Å². The second kappa shape index (κ2) is 10.5. The van der Waals surface area contributed by atoms with Crippen molar-refractivity contribution in [2.75, 3.05) is 20.3 Å². The fourth-order valence-electron chi connectivity index (χ4n) is 4.38. The van der Waals surface area contributed by atoms with Gasteiger partial charge in [-0.2, -0.15) is 0 Å². The monoisotopic (exact) mass is 505 g/mol. The molecule has 0 aliphatic carbocycles. The molecule has 1 unspecified atom stereocenters. The van der Waals surface area contributed by atoms with Crippen molar-refractivity contribution in [3.05, 3.63) is 75.9 Å². The van der Waals surface area contributed by atoms with Gasteiger partial charge in [-0.1, -0.05) is 12.1 Å². The second-order valence-corrected chi connectivity index (χ2v) is 8.41. The van der Waals surface area contributed by atoms with E-state index in [-0.39, 0.29) is 46.4 Å². The molecule has 2 heterocycles. The van der Waals surface area contributed by atoms with E-state index in [0.29, 0.717) is 26.1 Å². The Morgan fingerprint density at radius 3 is 2.56 bits per heavy atom. The molecule has 0 radical (unpaired) electrons. The van der Waals surface area contributed by atoms with Gasteiger partial charge in [-0.25, -0.2) is 18.6 Å². The van der Waals surface area contributed by atoms with Gasteiger partial charge in [-0.15, -0.1) is 0 Å². The van der Waals surface area contributed by atoms with Crippen LogP contribution in [0.25, 0.3) is 0 Å². The Kier molecular flexibility index (Phi) is 7.36. The maximum Gasteiger partial charge on any atom is 0.255 e. The van der Waals surface area contributed by atoms with Gasteiger partial charge in [-0.05, 0) is 31.0 Å². The number of carbonyl (C=O) groups excluding carboxylic acids is 2. The maximum atomic E-state index is 15.2. The van der Waals surface area contributed by atoms with E-state index in [0.717, 1.165) is 12.1 Å². The highest BCUT2D eigenvalue weighted by atomic mass is 19.2. The van der Waals surface area contributed by atoms with Crippen molar-refractivity contribution < 1.29 is 32.2 Å². The zero-order valence-electron chi connectivity index (χ0n) is 19.4. The molecule has 2 amide bonds. The molecule has 192 valence electrons. The number of methoxy groups -OCH3 is 1. The van der Waals surface area contributed by atoms with Gasteiger partial charge in [0.15, 0.2) is 11.6 Å². The average Bonchev–Trinajstić information content (AvgIpc) is 3.22. The number of hydrazine groups is 1. The molecule has 1 fully saturated rings. The van der Waals surface area contributed by atoms with Crippen molar-refractivity contribution in [2.45, 2.75) is 31.5 Å². The molecular formula is C24H26F3N5O4. The molecule has 12 heteroatoms. The van der Waals surface area contributed by atoms with Gasteiger partial charge in [0.1, 0.15) is 17.4 Å². The van der Waals surface area contributed by atoms with Gasteiger partial charge in [0.05, 0.1) is 30.3 Å². The minimum absolute atomic E-state index is 0.0552. The lowest BCUT2D eigenvalue weighted by Gasteiger charge is -2.33. The number of ether oxygens (including phenoxy) is 2. The summed E-state index contributed by atoms with van der Waals surface area (Å²) in [5.41, 5.74) is 14.2. The van der Waals surface area contributed by atoms with E-state index in [2.05, 4.69) is 10.7 Å². The van der Waals surface area contributed by atoms with Crippen LogP contribution in [0.3, 0.4) is 0 Å². The molecule has 0 bridgehead atoms. The van der Waals surface area contributed by atoms with Crippen LogP contribution in [0.2, 0.25) is 0 Å². The summed E-state index contributed by atoms with van der Waals surface area (Å²) >= 11 is 0. The normalized spacial score (nSPS) is 18.4. The zero-order valence-corrected chi connectivity index (χ0v) is 19.4. The summed E-state index contributed by atoms with van der Waals surface area (Å²) in [5.74, 6) is -4.50. The third-order valence-electron chi connectivity index (χ3n) is 6.26. The smallest absolute Gasteiger partial charge is 0.255 e. The van der Waals surface area contributed by atoms with Crippen molar-refractivity contribution in [2.24, 2.45) is 11.5 Å². The maximum absolute atomic E-state index is 15.2. The third-order valence-corrected chi connectivity index (χ3v) is 6.26. The van der Waals surface area contributed by atoms with E-state index >= 15 is 8.78 Å². The Labute approximate surface area is 205 Å². The van der Waals surface area contributed by atoms with Crippen LogP contribution in [-0.2, 0) is 16.1 Å². The number of benzene rings is 2. The minimum atomic E-state index is -1.22. The summed E-state index contributed by atoms with van der Waals surface area (Å²) < 4.78 is 54.2. The quantitative estimate of drug-likeness (QED) is 0.451. The standard InChI is InChI=1S/C24H26F3N5O4/c1-35-17-5-3-13(25)10-16(17)24(34)30-11-12-2-4-15(20(27)19(12)26)21-18(23(29)33)22(28)32(31-21)14-6-8-36-9-7-14/h2-5,10,14,21,31H,6-9,11,28H2,1H3,(H2,29,33)(H,30,34). The number of hydrogen-bond acceptors (Lipinski definition) is 7. The molecule has 36 heavy (non-hydrogen) atoms.